The highest BCUT2D eigenvalue weighted by atomic mass is 16.3. The summed E-state index contributed by atoms with van der Waals surface area (Å²) in [6, 6.07) is 5.46. The molecule has 2 aromatic rings. The van der Waals surface area contributed by atoms with Gasteiger partial charge in [0.1, 0.15) is 17.0 Å². The second-order valence-electron chi connectivity index (χ2n) is 12.1. The number of nitrogens with zero attached hydrogens (tertiary/aromatic N) is 3. The zero-order valence-electron chi connectivity index (χ0n) is 20.3. The minimum atomic E-state index is -0.713. The van der Waals surface area contributed by atoms with Crippen LogP contribution in [-0.4, -0.2) is 56.4 Å². The number of hydrogen-bond donors (Lipinski definition) is 2. The minimum Gasteiger partial charge on any atom is -0.390 e. The molecule has 2 amide bonds. The molecule has 4 fully saturated rings. The molecule has 3 aliphatic carbocycles. The van der Waals surface area contributed by atoms with Crippen molar-refractivity contribution in [2.75, 3.05) is 19.6 Å². The Kier molecular flexibility index (Phi) is 5.07. The van der Waals surface area contributed by atoms with Gasteiger partial charge in [0, 0.05) is 25.8 Å². The third-order valence-corrected chi connectivity index (χ3v) is 9.36. The molecule has 6 rings (SSSR count). The van der Waals surface area contributed by atoms with E-state index in [9.17, 15) is 14.7 Å². The van der Waals surface area contributed by atoms with Gasteiger partial charge in [-0.1, -0.05) is 13.0 Å². The zero-order chi connectivity index (χ0) is 23.7. The van der Waals surface area contributed by atoms with Crippen molar-refractivity contribution in [1.29, 1.82) is 0 Å². The van der Waals surface area contributed by atoms with E-state index in [1.54, 1.807) is 21.6 Å². The molecule has 3 saturated carbocycles. The van der Waals surface area contributed by atoms with Crippen molar-refractivity contribution < 1.29 is 14.7 Å². The number of carbonyl (C=O) groups excluding carboxylic acids is 2. The van der Waals surface area contributed by atoms with Gasteiger partial charge in [0.2, 0.25) is 0 Å². The normalized spacial score (nSPS) is 33.9. The maximum Gasteiger partial charge on any atom is 0.274 e. The molecule has 0 spiro atoms. The molecule has 1 saturated heterocycles. The molecule has 4 aliphatic rings. The minimum absolute atomic E-state index is 0.0990. The molecule has 2 bridgehead atoms. The molecular formula is C27H36N4O3. The lowest BCUT2D eigenvalue weighted by Crippen LogP contribution is -2.45. The van der Waals surface area contributed by atoms with Gasteiger partial charge in [-0.05, 0) is 93.1 Å². The number of carbonyl (C=O) groups is 2. The van der Waals surface area contributed by atoms with Crippen LogP contribution >= 0.6 is 0 Å². The molecule has 5 unspecified atom stereocenters. The predicted octanol–water partition coefficient (Wildman–Crippen LogP) is 3.51. The first-order valence-corrected chi connectivity index (χ1v) is 13.0. The Morgan fingerprint density at radius 3 is 2.74 bits per heavy atom. The number of aliphatic hydroxyl groups is 1. The topological polar surface area (TPSA) is 86.9 Å². The fraction of sp³-hybridized carbons (Fsp3) is 0.667. The third-order valence-electron chi connectivity index (χ3n) is 9.36. The Morgan fingerprint density at radius 2 is 1.94 bits per heavy atom. The van der Waals surface area contributed by atoms with E-state index in [1.165, 1.54) is 32.1 Å². The number of hydrogen-bond acceptors (Lipinski definition) is 4. The highest BCUT2D eigenvalue weighted by molar-refractivity contribution is 5.95. The van der Waals surface area contributed by atoms with Crippen molar-refractivity contribution in [2.24, 2.45) is 29.1 Å². The number of piperidine rings is 1. The van der Waals surface area contributed by atoms with Crippen molar-refractivity contribution >= 4 is 17.5 Å². The van der Waals surface area contributed by atoms with Gasteiger partial charge in [-0.2, -0.15) is 0 Å². The summed E-state index contributed by atoms with van der Waals surface area (Å²) in [7, 11) is 0. The molecular weight excluding hydrogens is 428 g/mol. The molecule has 0 aromatic carbocycles. The number of fused-ring (bicyclic) bond motifs is 2. The Balaban J connectivity index is 1.18. The van der Waals surface area contributed by atoms with Gasteiger partial charge < -0.3 is 15.3 Å². The number of pyridine rings is 1. The second kappa shape index (κ2) is 7.80. The molecule has 3 heterocycles. The van der Waals surface area contributed by atoms with E-state index in [0.29, 0.717) is 43.0 Å². The molecule has 1 aliphatic heterocycles. The van der Waals surface area contributed by atoms with Gasteiger partial charge >= 0.3 is 0 Å². The Morgan fingerprint density at radius 1 is 1.15 bits per heavy atom. The number of nitrogens with one attached hydrogen (secondary N) is 1. The Labute approximate surface area is 200 Å². The van der Waals surface area contributed by atoms with Gasteiger partial charge in [0.15, 0.2) is 0 Å². The summed E-state index contributed by atoms with van der Waals surface area (Å²) < 4.78 is 1.74. The number of aromatic nitrogens is 2. The van der Waals surface area contributed by atoms with Crippen molar-refractivity contribution in [2.45, 2.75) is 64.4 Å². The monoisotopic (exact) mass is 464 g/mol. The lowest BCUT2D eigenvalue weighted by atomic mass is 9.63. The van der Waals surface area contributed by atoms with Gasteiger partial charge in [-0.3, -0.25) is 14.0 Å². The lowest BCUT2D eigenvalue weighted by molar-refractivity contribution is -0.00218. The largest absolute Gasteiger partial charge is 0.390 e. The van der Waals surface area contributed by atoms with Crippen LogP contribution in [0.2, 0.25) is 0 Å². The Bertz CT molecular complexity index is 1130. The second-order valence-corrected chi connectivity index (χ2v) is 12.1. The van der Waals surface area contributed by atoms with Crippen LogP contribution in [0.25, 0.3) is 5.65 Å². The zero-order valence-corrected chi connectivity index (χ0v) is 20.3. The maximum absolute atomic E-state index is 13.3. The van der Waals surface area contributed by atoms with Crippen molar-refractivity contribution in [3.63, 3.8) is 0 Å². The summed E-state index contributed by atoms with van der Waals surface area (Å²) in [5.41, 5.74) is 0.992. The smallest absolute Gasteiger partial charge is 0.274 e. The van der Waals surface area contributed by atoms with E-state index in [-0.39, 0.29) is 17.2 Å². The highest BCUT2D eigenvalue weighted by Crippen LogP contribution is 2.64. The number of likely N-dealkylation sites (tertiary alicyclic amines) is 1. The fourth-order valence-corrected chi connectivity index (χ4v) is 7.64. The highest BCUT2D eigenvalue weighted by Gasteiger charge is 2.56. The summed E-state index contributed by atoms with van der Waals surface area (Å²) in [4.78, 5) is 32.6. The third kappa shape index (κ3) is 3.72. The molecule has 7 nitrogen and oxygen atoms in total. The maximum atomic E-state index is 13.3. The molecule has 34 heavy (non-hydrogen) atoms. The van der Waals surface area contributed by atoms with Crippen LogP contribution in [0.4, 0.5) is 0 Å². The Hall–Kier alpha value is -2.41. The van der Waals surface area contributed by atoms with E-state index in [0.717, 1.165) is 30.2 Å². The first-order valence-electron chi connectivity index (χ1n) is 13.0. The van der Waals surface area contributed by atoms with Crippen LogP contribution in [0, 0.1) is 29.1 Å². The molecule has 2 aromatic heterocycles. The molecule has 2 N–H and O–H groups in total. The van der Waals surface area contributed by atoms with Crippen molar-refractivity contribution in [3.8, 4) is 0 Å². The SMILES string of the molecule is CC1CC2CC3CC(CNC(=O)c4cccc5nc(C(=O)N6CCC(C)(O)CC6)cn45)(C1)CC23. The average Bonchev–Trinajstić information content (AvgIpc) is 3.31. The summed E-state index contributed by atoms with van der Waals surface area (Å²) in [5, 5.41) is 13.5. The van der Waals surface area contributed by atoms with Crippen LogP contribution in [-0.2, 0) is 0 Å². The van der Waals surface area contributed by atoms with E-state index in [1.807, 2.05) is 19.1 Å². The van der Waals surface area contributed by atoms with Crippen LogP contribution in [0.15, 0.2) is 24.4 Å². The standard InChI is InChI=1S/C27H36N4O3/c1-17-10-18-11-19-13-27(12-17,14-20(18)19)16-28-24(32)22-4-3-5-23-29-21(15-31(22)23)25(33)30-8-6-26(2,34)7-9-30/h3-5,15,17-20,34H,6-14,16H2,1-2H3,(H,28,32). The number of imidazole rings is 1. The van der Waals surface area contributed by atoms with E-state index in [2.05, 4.69) is 17.2 Å². The lowest BCUT2D eigenvalue weighted by Gasteiger charge is -2.42. The van der Waals surface area contributed by atoms with Gasteiger partial charge in [0.25, 0.3) is 11.8 Å². The quantitative estimate of drug-likeness (QED) is 0.725. The molecule has 5 atom stereocenters. The fourth-order valence-electron chi connectivity index (χ4n) is 7.64. The van der Waals surface area contributed by atoms with Crippen LogP contribution in [0.1, 0.15) is 79.8 Å². The summed E-state index contributed by atoms with van der Waals surface area (Å²) in [6.07, 6.45) is 9.30. The van der Waals surface area contributed by atoms with E-state index < -0.39 is 5.60 Å². The molecule has 182 valence electrons. The van der Waals surface area contributed by atoms with Gasteiger partial charge in [0.05, 0.1) is 5.60 Å². The predicted molar refractivity (Wildman–Crippen MR) is 128 cm³/mol. The van der Waals surface area contributed by atoms with Crippen LogP contribution in [0.3, 0.4) is 0 Å². The summed E-state index contributed by atoms with van der Waals surface area (Å²) >= 11 is 0. The number of rotatable bonds is 4. The summed E-state index contributed by atoms with van der Waals surface area (Å²) in [6.45, 7) is 5.95. The number of amides is 2. The first kappa shape index (κ1) is 22.1. The van der Waals surface area contributed by atoms with E-state index in [4.69, 9.17) is 0 Å². The first-order chi connectivity index (χ1) is 16.2. The van der Waals surface area contributed by atoms with E-state index >= 15 is 0 Å². The van der Waals surface area contributed by atoms with Crippen LogP contribution < -0.4 is 5.32 Å². The average molecular weight is 465 g/mol. The van der Waals surface area contributed by atoms with Crippen molar-refractivity contribution in [1.82, 2.24) is 19.6 Å². The summed E-state index contributed by atoms with van der Waals surface area (Å²) in [5.74, 6) is 3.16. The van der Waals surface area contributed by atoms with Crippen molar-refractivity contribution in [3.05, 3.63) is 35.8 Å². The molecule has 7 heteroatoms. The van der Waals surface area contributed by atoms with Crippen LogP contribution in [0.5, 0.6) is 0 Å². The van der Waals surface area contributed by atoms with Gasteiger partial charge in [-0.15, -0.1) is 0 Å². The van der Waals surface area contributed by atoms with Gasteiger partial charge in [-0.25, -0.2) is 4.98 Å². The molecule has 0 radical (unpaired) electrons.